The number of thiocarbonyl (C=S) groups is 1. The van der Waals surface area contributed by atoms with E-state index in [0.717, 1.165) is 41.3 Å². The minimum atomic E-state index is 0.432. The molecule has 4 heteroatoms. The first-order chi connectivity index (χ1) is 10.2. The van der Waals surface area contributed by atoms with E-state index in [1.165, 1.54) is 19.3 Å². The quantitative estimate of drug-likeness (QED) is 0.881. The zero-order chi connectivity index (χ0) is 14.8. The zero-order valence-electron chi connectivity index (χ0n) is 12.4. The molecule has 110 valence electrons. The lowest BCUT2D eigenvalue weighted by Crippen LogP contribution is -2.37. The van der Waals surface area contributed by atoms with Gasteiger partial charge in [0.25, 0.3) is 0 Å². The zero-order valence-corrected chi connectivity index (χ0v) is 13.2. The number of aromatic nitrogens is 1. The average molecular weight is 299 g/mol. The summed E-state index contributed by atoms with van der Waals surface area (Å²) in [5.41, 5.74) is 7.85. The van der Waals surface area contributed by atoms with Crippen molar-refractivity contribution in [1.82, 2.24) is 4.98 Å². The van der Waals surface area contributed by atoms with E-state index in [9.17, 15) is 0 Å². The van der Waals surface area contributed by atoms with Gasteiger partial charge in [-0.15, -0.1) is 0 Å². The number of hydrogen-bond acceptors (Lipinski definition) is 3. The first kappa shape index (κ1) is 14.3. The number of anilines is 1. The van der Waals surface area contributed by atoms with Crippen LogP contribution in [0, 0.1) is 5.92 Å². The maximum atomic E-state index is 5.94. The van der Waals surface area contributed by atoms with Gasteiger partial charge in [0.1, 0.15) is 10.8 Å². The van der Waals surface area contributed by atoms with Crippen molar-refractivity contribution in [2.24, 2.45) is 11.7 Å². The van der Waals surface area contributed by atoms with Crippen LogP contribution in [0.1, 0.15) is 31.7 Å². The molecule has 1 atom stereocenters. The highest BCUT2D eigenvalue weighted by Gasteiger charge is 2.22. The summed E-state index contributed by atoms with van der Waals surface area (Å²) >= 11 is 5.25. The fraction of sp³-hybridized carbons (Fsp3) is 0.412. The normalized spacial score (nSPS) is 18.9. The van der Waals surface area contributed by atoms with Gasteiger partial charge < -0.3 is 10.6 Å². The maximum absolute atomic E-state index is 5.94. The van der Waals surface area contributed by atoms with Crippen LogP contribution in [0.15, 0.2) is 30.3 Å². The maximum Gasteiger partial charge on any atom is 0.139 e. The molecule has 0 amide bonds. The van der Waals surface area contributed by atoms with Crippen molar-refractivity contribution in [3.8, 4) is 0 Å². The summed E-state index contributed by atoms with van der Waals surface area (Å²) in [6, 6.07) is 10.2. The third-order valence-electron chi connectivity index (χ3n) is 4.37. The van der Waals surface area contributed by atoms with Gasteiger partial charge in [-0.2, -0.15) is 0 Å². The van der Waals surface area contributed by atoms with Crippen LogP contribution in [0.25, 0.3) is 10.9 Å². The molecule has 1 aliphatic heterocycles. The average Bonchev–Trinajstić information content (AvgIpc) is 2.53. The van der Waals surface area contributed by atoms with Crippen LogP contribution in [-0.4, -0.2) is 23.1 Å². The predicted molar refractivity (Wildman–Crippen MR) is 92.9 cm³/mol. The summed E-state index contributed by atoms with van der Waals surface area (Å²) in [4.78, 5) is 7.64. The molecule has 1 aromatic carbocycles. The lowest BCUT2D eigenvalue weighted by Gasteiger charge is -2.34. The van der Waals surface area contributed by atoms with E-state index in [4.69, 9.17) is 22.9 Å². The smallest absolute Gasteiger partial charge is 0.139 e. The van der Waals surface area contributed by atoms with Gasteiger partial charge >= 0.3 is 0 Å². The van der Waals surface area contributed by atoms with Crippen LogP contribution in [0.2, 0.25) is 0 Å². The molecule has 0 saturated carbocycles. The van der Waals surface area contributed by atoms with E-state index < -0.39 is 0 Å². The molecule has 2 aromatic rings. The van der Waals surface area contributed by atoms with E-state index in [0.29, 0.717) is 4.99 Å². The number of piperidine rings is 1. The summed E-state index contributed by atoms with van der Waals surface area (Å²) in [6.45, 7) is 4.35. The third kappa shape index (κ3) is 2.86. The minimum Gasteiger partial charge on any atom is -0.389 e. The molecule has 1 fully saturated rings. The van der Waals surface area contributed by atoms with Crippen LogP contribution >= 0.6 is 12.2 Å². The summed E-state index contributed by atoms with van der Waals surface area (Å²) < 4.78 is 0. The Morgan fingerprint density at radius 1 is 1.43 bits per heavy atom. The van der Waals surface area contributed by atoms with Gasteiger partial charge in [0.05, 0.1) is 11.1 Å². The number of hydrogen-bond donors (Lipinski definition) is 1. The van der Waals surface area contributed by atoms with Crippen molar-refractivity contribution in [1.29, 1.82) is 0 Å². The van der Waals surface area contributed by atoms with Gasteiger partial charge in [-0.1, -0.05) is 43.8 Å². The highest BCUT2D eigenvalue weighted by Crippen LogP contribution is 2.28. The number of benzene rings is 1. The van der Waals surface area contributed by atoms with Crippen molar-refractivity contribution in [3.05, 3.63) is 35.9 Å². The molecule has 1 unspecified atom stereocenters. The van der Waals surface area contributed by atoms with E-state index in [2.05, 4.69) is 24.0 Å². The Kier molecular flexibility index (Phi) is 4.06. The molecule has 1 saturated heterocycles. The second-order valence-corrected chi connectivity index (χ2v) is 6.22. The number of pyridine rings is 1. The van der Waals surface area contributed by atoms with Crippen molar-refractivity contribution >= 4 is 33.9 Å². The summed E-state index contributed by atoms with van der Waals surface area (Å²) in [5, 5.41) is 1.09. The SMILES string of the molecule is CCC1CCCN(c2nc3ccccc3cc2C(N)=S)C1. The second kappa shape index (κ2) is 5.98. The fourth-order valence-corrected chi connectivity index (χ4v) is 3.27. The van der Waals surface area contributed by atoms with Crippen LogP contribution in [-0.2, 0) is 0 Å². The molecular formula is C17H21N3S. The molecular weight excluding hydrogens is 278 g/mol. The molecule has 0 radical (unpaired) electrons. The van der Waals surface area contributed by atoms with Crippen LogP contribution in [0.3, 0.4) is 0 Å². The van der Waals surface area contributed by atoms with Gasteiger partial charge in [-0.25, -0.2) is 4.98 Å². The van der Waals surface area contributed by atoms with Crippen molar-refractivity contribution in [2.45, 2.75) is 26.2 Å². The van der Waals surface area contributed by atoms with Gasteiger partial charge in [0.15, 0.2) is 0 Å². The summed E-state index contributed by atoms with van der Waals surface area (Å²) in [6.07, 6.45) is 3.74. The van der Waals surface area contributed by atoms with Gasteiger partial charge in [-0.3, -0.25) is 0 Å². The Morgan fingerprint density at radius 2 is 2.24 bits per heavy atom. The standard InChI is InChI=1S/C17H21N3S/c1-2-12-6-5-9-20(11-12)17-14(16(18)21)10-13-7-3-4-8-15(13)19-17/h3-4,7-8,10,12H,2,5-6,9,11H2,1H3,(H2,18,21). The molecule has 3 rings (SSSR count). The summed E-state index contributed by atoms with van der Waals surface area (Å²) in [7, 11) is 0. The molecule has 0 aliphatic carbocycles. The Bertz CT molecular complexity index is 668. The van der Waals surface area contributed by atoms with E-state index in [1.807, 2.05) is 18.2 Å². The highest BCUT2D eigenvalue weighted by atomic mass is 32.1. The van der Waals surface area contributed by atoms with Gasteiger partial charge in [0.2, 0.25) is 0 Å². The Morgan fingerprint density at radius 3 is 3.00 bits per heavy atom. The first-order valence-corrected chi connectivity index (χ1v) is 8.04. The molecule has 2 heterocycles. The molecule has 2 N–H and O–H groups in total. The number of fused-ring (bicyclic) bond motifs is 1. The first-order valence-electron chi connectivity index (χ1n) is 7.63. The Hall–Kier alpha value is -1.68. The van der Waals surface area contributed by atoms with E-state index in [-0.39, 0.29) is 0 Å². The molecule has 1 aliphatic rings. The third-order valence-corrected chi connectivity index (χ3v) is 4.59. The van der Waals surface area contributed by atoms with Crippen LogP contribution in [0.5, 0.6) is 0 Å². The number of rotatable bonds is 3. The van der Waals surface area contributed by atoms with Gasteiger partial charge in [0, 0.05) is 18.5 Å². The predicted octanol–water partition coefficient (Wildman–Crippen LogP) is 3.50. The topological polar surface area (TPSA) is 42.2 Å². The van der Waals surface area contributed by atoms with Gasteiger partial charge in [-0.05, 0) is 30.9 Å². The fourth-order valence-electron chi connectivity index (χ4n) is 3.12. The van der Waals surface area contributed by atoms with Crippen molar-refractivity contribution in [2.75, 3.05) is 18.0 Å². The molecule has 0 bridgehead atoms. The number of nitrogens with two attached hydrogens (primary N) is 1. The highest BCUT2D eigenvalue weighted by molar-refractivity contribution is 7.80. The molecule has 1 aromatic heterocycles. The van der Waals surface area contributed by atoms with E-state index in [1.54, 1.807) is 0 Å². The summed E-state index contributed by atoms with van der Waals surface area (Å²) in [5.74, 6) is 1.70. The Labute approximate surface area is 131 Å². The monoisotopic (exact) mass is 299 g/mol. The van der Waals surface area contributed by atoms with E-state index >= 15 is 0 Å². The molecule has 21 heavy (non-hydrogen) atoms. The largest absolute Gasteiger partial charge is 0.389 e. The second-order valence-electron chi connectivity index (χ2n) is 5.78. The molecule has 0 spiro atoms. The van der Waals surface area contributed by atoms with Crippen molar-refractivity contribution < 1.29 is 0 Å². The van der Waals surface area contributed by atoms with Crippen LogP contribution in [0.4, 0.5) is 5.82 Å². The number of para-hydroxylation sites is 1. The van der Waals surface area contributed by atoms with Crippen molar-refractivity contribution in [3.63, 3.8) is 0 Å². The molecule has 3 nitrogen and oxygen atoms in total. The van der Waals surface area contributed by atoms with Crippen LogP contribution < -0.4 is 10.6 Å². The number of nitrogens with zero attached hydrogens (tertiary/aromatic N) is 2. The lowest BCUT2D eigenvalue weighted by atomic mass is 9.95. The Balaban J connectivity index is 2.07. The minimum absolute atomic E-state index is 0.432. The lowest BCUT2D eigenvalue weighted by molar-refractivity contribution is 0.403.